The van der Waals surface area contributed by atoms with Gasteiger partial charge in [-0.2, -0.15) is 14.2 Å². The van der Waals surface area contributed by atoms with Crippen molar-refractivity contribution in [3.8, 4) is 11.4 Å². The minimum absolute atomic E-state index is 0.125. The van der Waals surface area contributed by atoms with E-state index in [9.17, 15) is 8.42 Å². The van der Waals surface area contributed by atoms with Crippen molar-refractivity contribution in [2.75, 3.05) is 13.1 Å². The van der Waals surface area contributed by atoms with E-state index in [0.717, 1.165) is 18.4 Å². The summed E-state index contributed by atoms with van der Waals surface area (Å²) in [5.41, 5.74) is 1.53. The second-order valence-electron chi connectivity index (χ2n) is 7.19. The Kier molecular flexibility index (Phi) is 5.41. The van der Waals surface area contributed by atoms with E-state index in [0.29, 0.717) is 42.6 Å². The zero-order valence-corrected chi connectivity index (χ0v) is 17.3. The Balaban J connectivity index is 1.47. The Hall–Kier alpha value is -2.66. The predicted octanol–water partition coefficient (Wildman–Crippen LogP) is 1.36. The summed E-state index contributed by atoms with van der Waals surface area (Å²) in [6.07, 6.45) is 6.55. The Labute approximate surface area is 169 Å². The lowest BCUT2D eigenvalue weighted by molar-refractivity contribution is 0.231. The van der Waals surface area contributed by atoms with E-state index in [1.54, 1.807) is 33.1 Å². The van der Waals surface area contributed by atoms with Gasteiger partial charge in [-0.3, -0.25) is 9.67 Å². The van der Waals surface area contributed by atoms with Crippen LogP contribution in [0.3, 0.4) is 0 Å². The normalized spacial score (nSPS) is 18.2. The smallest absolute Gasteiger partial charge is 0.246 e. The molecule has 3 aromatic heterocycles. The summed E-state index contributed by atoms with van der Waals surface area (Å²) in [5.74, 6) is 0.662. The second kappa shape index (κ2) is 7.99. The fourth-order valence-corrected chi connectivity index (χ4v) is 5.42. The van der Waals surface area contributed by atoms with Gasteiger partial charge in [0.15, 0.2) is 0 Å². The molecule has 1 fully saturated rings. The highest BCUT2D eigenvalue weighted by molar-refractivity contribution is 7.89. The molecule has 3 aromatic rings. The van der Waals surface area contributed by atoms with Crippen LogP contribution in [-0.2, 0) is 23.1 Å². The lowest BCUT2D eigenvalue weighted by Gasteiger charge is -2.31. The number of tetrazole rings is 1. The standard InChI is InChI=1S/C18H24N8O2S/c1-3-25-14(2)17(11-20-25)29(27,28)24-10-4-5-15(12-24)13-26-22-18(21-23-26)16-6-8-19-9-7-16/h6-9,11,15H,3-5,10,12-13H2,1-2H3/t15-/m0/s1. The highest BCUT2D eigenvalue weighted by Gasteiger charge is 2.33. The summed E-state index contributed by atoms with van der Waals surface area (Å²) in [7, 11) is -3.57. The molecule has 0 radical (unpaired) electrons. The van der Waals surface area contributed by atoms with E-state index >= 15 is 0 Å². The molecule has 1 aliphatic rings. The third kappa shape index (κ3) is 3.92. The summed E-state index contributed by atoms with van der Waals surface area (Å²) < 4.78 is 29.5. The molecule has 0 N–H and O–H groups in total. The maximum atomic E-state index is 13.1. The molecule has 29 heavy (non-hydrogen) atoms. The molecule has 11 heteroatoms. The molecule has 4 heterocycles. The van der Waals surface area contributed by atoms with Crippen LogP contribution in [0.4, 0.5) is 0 Å². The number of hydrogen-bond acceptors (Lipinski definition) is 7. The first-order valence-electron chi connectivity index (χ1n) is 9.69. The van der Waals surface area contributed by atoms with Crippen molar-refractivity contribution in [2.45, 2.75) is 44.7 Å². The summed E-state index contributed by atoms with van der Waals surface area (Å²) >= 11 is 0. The molecule has 0 unspecified atom stereocenters. The fraction of sp³-hybridized carbons (Fsp3) is 0.500. The largest absolute Gasteiger partial charge is 0.269 e. The summed E-state index contributed by atoms with van der Waals surface area (Å²) in [4.78, 5) is 5.83. The lowest BCUT2D eigenvalue weighted by Crippen LogP contribution is -2.41. The molecule has 1 aliphatic heterocycles. The van der Waals surface area contributed by atoms with Crippen molar-refractivity contribution in [3.05, 3.63) is 36.4 Å². The quantitative estimate of drug-likeness (QED) is 0.596. The highest BCUT2D eigenvalue weighted by Crippen LogP contribution is 2.26. The molecule has 0 spiro atoms. The molecule has 1 saturated heterocycles. The zero-order valence-electron chi connectivity index (χ0n) is 16.5. The molecular formula is C18H24N8O2S. The Morgan fingerprint density at radius 1 is 1.24 bits per heavy atom. The summed E-state index contributed by atoms with van der Waals surface area (Å²) in [6.45, 7) is 5.86. The molecule has 0 amide bonds. The number of sulfonamides is 1. The van der Waals surface area contributed by atoms with Crippen LogP contribution in [0.25, 0.3) is 11.4 Å². The van der Waals surface area contributed by atoms with Crippen LogP contribution < -0.4 is 0 Å². The highest BCUT2D eigenvalue weighted by atomic mass is 32.2. The summed E-state index contributed by atoms with van der Waals surface area (Å²) in [5, 5.41) is 16.9. The predicted molar refractivity (Wildman–Crippen MR) is 105 cm³/mol. The van der Waals surface area contributed by atoms with Crippen LogP contribution >= 0.6 is 0 Å². The van der Waals surface area contributed by atoms with E-state index < -0.39 is 10.0 Å². The molecule has 154 valence electrons. The number of nitrogens with zero attached hydrogens (tertiary/aromatic N) is 8. The van der Waals surface area contributed by atoms with Crippen LogP contribution in [0.2, 0.25) is 0 Å². The number of piperidine rings is 1. The van der Waals surface area contributed by atoms with Crippen LogP contribution in [-0.4, -0.2) is 60.8 Å². The van der Waals surface area contributed by atoms with E-state index in [2.05, 4.69) is 25.5 Å². The second-order valence-corrected chi connectivity index (χ2v) is 9.09. The number of hydrogen-bond donors (Lipinski definition) is 0. The Morgan fingerprint density at radius 2 is 2.03 bits per heavy atom. The van der Waals surface area contributed by atoms with Crippen molar-refractivity contribution < 1.29 is 8.42 Å². The minimum atomic E-state index is -3.57. The topological polar surface area (TPSA) is 112 Å². The average molecular weight is 417 g/mol. The van der Waals surface area contributed by atoms with E-state index in [1.807, 2.05) is 19.1 Å². The minimum Gasteiger partial charge on any atom is -0.269 e. The van der Waals surface area contributed by atoms with Gasteiger partial charge in [0, 0.05) is 37.6 Å². The van der Waals surface area contributed by atoms with Crippen LogP contribution in [0.1, 0.15) is 25.5 Å². The molecule has 0 aromatic carbocycles. The lowest BCUT2D eigenvalue weighted by atomic mass is 10.00. The van der Waals surface area contributed by atoms with Gasteiger partial charge in [-0.25, -0.2) is 8.42 Å². The SMILES string of the molecule is CCn1ncc(S(=O)(=O)N2CCC[C@H](Cn3nnc(-c4ccncc4)n3)C2)c1C. The fourth-order valence-electron chi connectivity index (χ4n) is 3.70. The molecule has 0 bridgehead atoms. The number of aryl methyl sites for hydroxylation is 1. The van der Waals surface area contributed by atoms with Crippen molar-refractivity contribution in [1.82, 2.24) is 39.3 Å². The molecule has 1 atom stereocenters. The van der Waals surface area contributed by atoms with E-state index in [4.69, 9.17) is 0 Å². The van der Waals surface area contributed by atoms with Gasteiger partial charge in [-0.15, -0.1) is 10.2 Å². The molecule has 4 rings (SSSR count). The van der Waals surface area contributed by atoms with Crippen molar-refractivity contribution in [2.24, 2.45) is 5.92 Å². The zero-order chi connectivity index (χ0) is 20.4. The average Bonchev–Trinajstić information content (AvgIpc) is 3.35. The maximum Gasteiger partial charge on any atom is 0.246 e. The first-order valence-corrected chi connectivity index (χ1v) is 11.1. The maximum absolute atomic E-state index is 13.1. The van der Waals surface area contributed by atoms with E-state index in [1.165, 1.54) is 6.20 Å². The van der Waals surface area contributed by atoms with Gasteiger partial charge in [0.05, 0.1) is 18.4 Å². The Morgan fingerprint density at radius 3 is 2.76 bits per heavy atom. The first-order chi connectivity index (χ1) is 14.0. The number of rotatable bonds is 6. The molecule has 0 saturated carbocycles. The Bertz CT molecular complexity index is 1080. The van der Waals surface area contributed by atoms with Gasteiger partial charge in [0.1, 0.15) is 4.90 Å². The van der Waals surface area contributed by atoms with Crippen LogP contribution in [0.5, 0.6) is 0 Å². The van der Waals surface area contributed by atoms with Crippen molar-refractivity contribution in [1.29, 1.82) is 0 Å². The molecular weight excluding hydrogens is 392 g/mol. The number of pyridine rings is 1. The van der Waals surface area contributed by atoms with Gasteiger partial charge >= 0.3 is 0 Å². The number of aromatic nitrogens is 7. The van der Waals surface area contributed by atoms with Gasteiger partial charge in [-0.05, 0) is 50.0 Å². The first kappa shape index (κ1) is 19.6. The van der Waals surface area contributed by atoms with Gasteiger partial charge in [0.25, 0.3) is 0 Å². The van der Waals surface area contributed by atoms with Gasteiger partial charge < -0.3 is 0 Å². The van der Waals surface area contributed by atoms with Crippen molar-refractivity contribution in [3.63, 3.8) is 0 Å². The molecule has 10 nitrogen and oxygen atoms in total. The van der Waals surface area contributed by atoms with Crippen LogP contribution in [0, 0.1) is 12.8 Å². The van der Waals surface area contributed by atoms with E-state index in [-0.39, 0.29) is 5.92 Å². The molecule has 0 aliphatic carbocycles. The van der Waals surface area contributed by atoms with Crippen molar-refractivity contribution >= 4 is 10.0 Å². The third-order valence-corrected chi connectivity index (χ3v) is 7.24. The summed E-state index contributed by atoms with van der Waals surface area (Å²) in [6, 6.07) is 3.66. The van der Waals surface area contributed by atoms with Gasteiger partial charge in [0.2, 0.25) is 15.8 Å². The van der Waals surface area contributed by atoms with Gasteiger partial charge in [-0.1, -0.05) is 0 Å². The third-order valence-electron chi connectivity index (χ3n) is 5.27. The monoisotopic (exact) mass is 416 g/mol. The van der Waals surface area contributed by atoms with Crippen LogP contribution in [0.15, 0.2) is 35.6 Å².